The molecule has 7 aromatic rings. The Morgan fingerprint density at radius 1 is 0.755 bits per heavy atom. The molecule has 0 amide bonds. The van der Waals surface area contributed by atoms with Crippen molar-refractivity contribution in [2.24, 2.45) is 5.41 Å². The van der Waals surface area contributed by atoms with E-state index in [0.29, 0.717) is 38.7 Å². The van der Waals surface area contributed by atoms with Gasteiger partial charge in [0.2, 0.25) is 0 Å². The summed E-state index contributed by atoms with van der Waals surface area (Å²) in [6.07, 6.45) is -0.815. The topological polar surface area (TPSA) is 54.8 Å². The van der Waals surface area contributed by atoms with Crippen LogP contribution >= 0.6 is 0 Å². The summed E-state index contributed by atoms with van der Waals surface area (Å²) in [5.41, 5.74) is 4.28. The minimum Gasteiger partial charge on any atom is -0.453 e. The molecule has 0 radical (unpaired) electrons. The largest absolute Gasteiger partial charge is 0.453 e. The maximum absolute atomic E-state index is 10.8. The Balaban J connectivity index is 1.69. The van der Waals surface area contributed by atoms with Gasteiger partial charge in [-0.15, -0.1) is 0 Å². The van der Waals surface area contributed by atoms with E-state index < -0.39 is 25.5 Å². The second-order valence-corrected chi connectivity index (χ2v) is 16.2. The van der Waals surface area contributed by atoms with Crippen molar-refractivity contribution in [3.8, 4) is 23.0 Å². The van der Waals surface area contributed by atoms with Crippen LogP contribution in [0.4, 0.5) is 0 Å². The number of benzene rings is 4. The third-order valence-corrected chi connectivity index (χ3v) is 9.30. The lowest BCUT2D eigenvalue weighted by Crippen LogP contribution is -2.11. The molecule has 0 saturated carbocycles. The van der Waals surface area contributed by atoms with Crippen LogP contribution in [0.1, 0.15) is 107 Å². The summed E-state index contributed by atoms with van der Waals surface area (Å²) in [6.45, 7) is 12.9. The first kappa shape index (κ1) is 24.3. The minimum atomic E-state index is -2.76. The zero-order valence-corrected chi connectivity index (χ0v) is 29.7. The van der Waals surface area contributed by atoms with Gasteiger partial charge < -0.3 is 8.98 Å². The summed E-state index contributed by atoms with van der Waals surface area (Å²) in [7, 11) is 0. The molecule has 49 heavy (non-hydrogen) atoms. The van der Waals surface area contributed by atoms with Crippen molar-refractivity contribution in [2.75, 3.05) is 0 Å². The number of hydrogen-bond acceptors (Lipinski definition) is 3. The molecule has 248 valence electrons. The van der Waals surface area contributed by atoms with Crippen molar-refractivity contribution >= 4 is 43.7 Å². The smallest absolute Gasteiger partial charge is 0.160 e. The standard InChI is InChI=1S/C45H47N3O/c1-26-20-36(47-25-27(26)2)34-16-12-28(23-43(3,4)5)39-35-17-13-29(24-46)40(42(35)49-41(34)39)48-37-21-30(44(6,7)8)14-18-32(37)33-19-15-31(22-38(33)48)45(9,10)11/h12-22,25H,23H2,1-11H3/i1D3,2D3,23D2. The molecule has 0 spiro atoms. The second-order valence-electron chi connectivity index (χ2n) is 16.2. The summed E-state index contributed by atoms with van der Waals surface area (Å²) in [6, 6.07) is 23.4. The molecule has 4 aromatic carbocycles. The van der Waals surface area contributed by atoms with E-state index in [1.165, 1.54) is 6.07 Å². The van der Waals surface area contributed by atoms with Gasteiger partial charge >= 0.3 is 0 Å². The van der Waals surface area contributed by atoms with Gasteiger partial charge in [-0.1, -0.05) is 92.6 Å². The average molecular weight is 654 g/mol. The zero-order valence-electron chi connectivity index (χ0n) is 37.7. The van der Waals surface area contributed by atoms with Gasteiger partial charge in [-0.3, -0.25) is 4.98 Å². The number of hydrogen-bond donors (Lipinski definition) is 0. The van der Waals surface area contributed by atoms with Crippen molar-refractivity contribution < 1.29 is 15.4 Å². The Bertz CT molecular complexity index is 2740. The van der Waals surface area contributed by atoms with Crippen molar-refractivity contribution in [3.05, 3.63) is 106 Å². The maximum atomic E-state index is 10.8. The van der Waals surface area contributed by atoms with Crippen LogP contribution in [0, 0.1) is 30.4 Å². The summed E-state index contributed by atoms with van der Waals surface area (Å²) in [5.74, 6) is 0. The molecule has 0 saturated heterocycles. The minimum absolute atomic E-state index is 0.157. The van der Waals surface area contributed by atoms with Crippen LogP contribution in [0.25, 0.3) is 60.7 Å². The van der Waals surface area contributed by atoms with E-state index in [2.05, 4.69) is 93.6 Å². The molecular formula is C45H47N3O. The summed E-state index contributed by atoms with van der Waals surface area (Å²) in [4.78, 5) is 4.48. The number of rotatable bonds is 3. The Kier molecular flexibility index (Phi) is 5.49. The predicted molar refractivity (Wildman–Crippen MR) is 206 cm³/mol. The SMILES string of the molecule is [2H]C([2H])([2H])c1cnc(-c2ccc(C([2H])([2H])C(C)(C)C)c3c2oc2c(-n4c5cc(C(C)(C)C)ccc5c5ccc(C(C)(C)C)cc54)c(C#N)ccc23)cc1C([2H])([2H])[2H]. The van der Waals surface area contributed by atoms with E-state index in [0.717, 1.165) is 39.1 Å². The Labute approximate surface area is 301 Å². The van der Waals surface area contributed by atoms with Crippen LogP contribution in [-0.4, -0.2) is 9.55 Å². The number of fused-ring (bicyclic) bond motifs is 6. The molecule has 4 heteroatoms. The van der Waals surface area contributed by atoms with E-state index in [1.54, 1.807) is 24.3 Å². The Morgan fingerprint density at radius 3 is 1.92 bits per heavy atom. The molecule has 0 unspecified atom stereocenters. The van der Waals surface area contributed by atoms with Crippen LogP contribution in [0.2, 0.25) is 0 Å². The van der Waals surface area contributed by atoms with Gasteiger partial charge in [0.05, 0.1) is 22.3 Å². The summed E-state index contributed by atoms with van der Waals surface area (Å²) in [5, 5.41) is 13.8. The van der Waals surface area contributed by atoms with E-state index >= 15 is 0 Å². The quantitative estimate of drug-likeness (QED) is 0.191. The molecule has 4 nitrogen and oxygen atoms in total. The predicted octanol–water partition coefficient (Wildman–Crippen LogP) is 12.4. The van der Waals surface area contributed by atoms with Gasteiger partial charge in [0.25, 0.3) is 0 Å². The normalized spacial score (nSPS) is 16.1. The summed E-state index contributed by atoms with van der Waals surface area (Å²) >= 11 is 0. The third kappa shape index (κ3) is 5.50. The van der Waals surface area contributed by atoms with Crippen molar-refractivity contribution in [1.82, 2.24) is 9.55 Å². The molecule has 0 atom stereocenters. The van der Waals surface area contributed by atoms with Crippen molar-refractivity contribution in [1.29, 1.82) is 5.26 Å². The first-order chi connectivity index (χ1) is 26.2. The highest BCUT2D eigenvalue weighted by Gasteiger charge is 2.27. The van der Waals surface area contributed by atoms with Crippen molar-refractivity contribution in [3.63, 3.8) is 0 Å². The highest BCUT2D eigenvalue weighted by Crippen LogP contribution is 2.45. The Morgan fingerprint density at radius 2 is 1.37 bits per heavy atom. The Hall–Kier alpha value is -4.88. The first-order valence-corrected chi connectivity index (χ1v) is 16.7. The van der Waals surface area contributed by atoms with Gasteiger partial charge in [0, 0.05) is 44.3 Å². The van der Waals surface area contributed by atoms with Gasteiger partial charge in [-0.2, -0.15) is 5.26 Å². The number of aryl methyl sites for hydroxylation is 2. The zero-order chi connectivity index (χ0) is 42.0. The van der Waals surface area contributed by atoms with E-state index in [9.17, 15) is 8.00 Å². The molecule has 0 bridgehead atoms. The number of furan rings is 1. The number of nitriles is 1. The molecule has 0 fully saturated rings. The van der Waals surface area contributed by atoms with Crippen LogP contribution in [0.15, 0.2) is 77.3 Å². The molecule has 3 heterocycles. The lowest BCUT2D eigenvalue weighted by molar-refractivity contribution is 0.412. The number of aromatic nitrogens is 2. The van der Waals surface area contributed by atoms with E-state index in [1.807, 2.05) is 20.8 Å². The second kappa shape index (κ2) is 11.1. The fourth-order valence-electron chi connectivity index (χ4n) is 6.75. The molecule has 0 aliphatic carbocycles. The lowest BCUT2D eigenvalue weighted by atomic mass is 9.85. The molecule has 7 rings (SSSR count). The monoisotopic (exact) mass is 653 g/mol. The maximum Gasteiger partial charge on any atom is 0.160 e. The fourth-order valence-corrected chi connectivity index (χ4v) is 6.75. The molecule has 3 aromatic heterocycles. The van der Waals surface area contributed by atoms with Crippen LogP contribution in [0.5, 0.6) is 0 Å². The van der Waals surface area contributed by atoms with E-state index in [4.69, 9.17) is 12.6 Å². The van der Waals surface area contributed by atoms with Crippen LogP contribution < -0.4 is 0 Å². The molecular weight excluding hydrogens is 599 g/mol. The van der Waals surface area contributed by atoms with Gasteiger partial charge in [-0.05, 0) is 101 Å². The molecule has 0 aliphatic heterocycles. The van der Waals surface area contributed by atoms with Crippen molar-refractivity contribution in [2.45, 2.75) is 93.2 Å². The van der Waals surface area contributed by atoms with Crippen LogP contribution in [-0.2, 0) is 17.2 Å². The average Bonchev–Trinajstić information content (AvgIpc) is 3.64. The highest BCUT2D eigenvalue weighted by molar-refractivity contribution is 6.16. The third-order valence-electron chi connectivity index (χ3n) is 9.30. The first-order valence-electron chi connectivity index (χ1n) is 20.7. The number of pyridine rings is 1. The van der Waals surface area contributed by atoms with Gasteiger partial charge in [-0.25, -0.2) is 0 Å². The number of nitrogens with zero attached hydrogens (tertiary/aromatic N) is 3. The molecule has 0 aliphatic rings. The summed E-state index contributed by atoms with van der Waals surface area (Å²) < 4.78 is 76.8. The van der Waals surface area contributed by atoms with E-state index in [-0.39, 0.29) is 33.2 Å². The van der Waals surface area contributed by atoms with Gasteiger partial charge in [0.15, 0.2) is 5.58 Å². The van der Waals surface area contributed by atoms with Crippen LogP contribution in [0.3, 0.4) is 0 Å². The van der Waals surface area contributed by atoms with Gasteiger partial charge in [0.1, 0.15) is 17.3 Å². The highest BCUT2D eigenvalue weighted by atomic mass is 16.3. The molecule has 0 N–H and O–H groups in total. The lowest BCUT2D eigenvalue weighted by Gasteiger charge is -2.20. The fraction of sp³-hybridized carbons (Fsp3) is 0.333.